The van der Waals surface area contributed by atoms with E-state index in [0.717, 1.165) is 25.6 Å². The number of carbonyl (C=O) groups excluding carboxylic acids is 1. The summed E-state index contributed by atoms with van der Waals surface area (Å²) in [4.78, 5) is 11.9. The molecular weight excluding hydrogens is 396 g/mol. The zero-order chi connectivity index (χ0) is 18.9. The summed E-state index contributed by atoms with van der Waals surface area (Å²) in [5, 5.41) is 12.3. The van der Waals surface area contributed by atoms with Crippen molar-refractivity contribution in [3.8, 4) is 0 Å². The van der Waals surface area contributed by atoms with E-state index in [1.54, 1.807) is 18.0 Å². The smallest absolute Gasteiger partial charge is 0.250 e. The van der Waals surface area contributed by atoms with Crippen LogP contribution >= 0.6 is 34.9 Å². The predicted molar refractivity (Wildman–Crippen MR) is 114 cm³/mol. The molecule has 3 aromatic rings. The van der Waals surface area contributed by atoms with Crippen molar-refractivity contribution in [2.45, 2.75) is 21.4 Å². The fourth-order valence-corrected chi connectivity index (χ4v) is 4.87. The third-order valence-corrected chi connectivity index (χ3v) is 6.76. The highest BCUT2D eigenvalue weighted by Gasteiger charge is 2.08. The number of hydrazone groups is 1. The summed E-state index contributed by atoms with van der Waals surface area (Å²) >= 11 is 4.52. The fraction of sp³-hybridized carbons (Fsp3) is 0.158. The number of hydrogen-bond acceptors (Lipinski definition) is 7. The van der Waals surface area contributed by atoms with Crippen LogP contribution in [0.3, 0.4) is 0 Å². The van der Waals surface area contributed by atoms with Crippen LogP contribution in [0.5, 0.6) is 0 Å². The molecule has 1 amide bonds. The van der Waals surface area contributed by atoms with Crippen LogP contribution in [0.2, 0.25) is 0 Å². The lowest BCUT2D eigenvalue weighted by Crippen LogP contribution is -2.19. The van der Waals surface area contributed by atoms with Crippen molar-refractivity contribution in [1.29, 1.82) is 0 Å². The van der Waals surface area contributed by atoms with E-state index in [9.17, 15) is 4.79 Å². The van der Waals surface area contributed by atoms with E-state index < -0.39 is 0 Å². The Balaban J connectivity index is 1.41. The van der Waals surface area contributed by atoms with Gasteiger partial charge in [0.2, 0.25) is 0 Å². The van der Waals surface area contributed by atoms with Gasteiger partial charge in [-0.1, -0.05) is 89.5 Å². The number of benzene rings is 2. The van der Waals surface area contributed by atoms with Gasteiger partial charge in [-0.05, 0) is 23.6 Å². The van der Waals surface area contributed by atoms with Crippen LogP contribution < -0.4 is 5.43 Å². The van der Waals surface area contributed by atoms with Crippen molar-refractivity contribution in [3.05, 3.63) is 71.3 Å². The van der Waals surface area contributed by atoms with Gasteiger partial charge in [0.05, 0.1) is 12.0 Å². The molecule has 0 aliphatic carbocycles. The van der Waals surface area contributed by atoms with Gasteiger partial charge in [0.1, 0.15) is 0 Å². The molecule has 0 atom stereocenters. The van der Waals surface area contributed by atoms with Crippen molar-refractivity contribution in [2.24, 2.45) is 5.10 Å². The molecule has 138 valence electrons. The van der Waals surface area contributed by atoms with E-state index in [4.69, 9.17) is 0 Å². The van der Waals surface area contributed by atoms with Crippen LogP contribution in [0.1, 0.15) is 16.7 Å². The molecular formula is C19H18N4OS3. The molecule has 0 spiro atoms. The molecule has 1 aromatic heterocycles. The highest BCUT2D eigenvalue weighted by atomic mass is 32.2. The van der Waals surface area contributed by atoms with Crippen LogP contribution in [-0.2, 0) is 10.5 Å². The zero-order valence-electron chi connectivity index (χ0n) is 14.7. The van der Waals surface area contributed by atoms with E-state index in [1.165, 1.54) is 28.7 Å². The van der Waals surface area contributed by atoms with Gasteiger partial charge in [0.25, 0.3) is 5.91 Å². The molecule has 2 aromatic carbocycles. The summed E-state index contributed by atoms with van der Waals surface area (Å²) in [5.41, 5.74) is 5.88. The number of nitrogens with zero attached hydrogens (tertiary/aromatic N) is 3. The normalized spacial score (nSPS) is 11.0. The molecule has 0 aliphatic rings. The Kier molecular flexibility index (Phi) is 7.44. The quantitative estimate of drug-likeness (QED) is 0.337. The van der Waals surface area contributed by atoms with Crippen molar-refractivity contribution in [1.82, 2.24) is 15.6 Å². The molecule has 0 saturated heterocycles. The third kappa shape index (κ3) is 6.50. The Morgan fingerprint density at radius 3 is 2.56 bits per heavy atom. The van der Waals surface area contributed by atoms with Crippen molar-refractivity contribution in [2.75, 3.05) is 5.75 Å². The minimum Gasteiger partial charge on any atom is -0.272 e. The Morgan fingerprint density at radius 2 is 1.78 bits per heavy atom. The van der Waals surface area contributed by atoms with Crippen LogP contribution in [0.25, 0.3) is 0 Å². The van der Waals surface area contributed by atoms with Gasteiger partial charge in [-0.3, -0.25) is 4.79 Å². The van der Waals surface area contributed by atoms with E-state index in [-0.39, 0.29) is 11.7 Å². The molecule has 0 bridgehead atoms. The van der Waals surface area contributed by atoms with Crippen molar-refractivity contribution >= 4 is 47.0 Å². The monoisotopic (exact) mass is 414 g/mol. The summed E-state index contributed by atoms with van der Waals surface area (Å²) in [6, 6.07) is 18.1. The number of aromatic nitrogens is 2. The molecule has 3 rings (SSSR count). The van der Waals surface area contributed by atoms with Crippen LogP contribution in [0.15, 0.2) is 68.4 Å². The first kappa shape index (κ1) is 19.6. The van der Waals surface area contributed by atoms with Gasteiger partial charge in [0, 0.05) is 5.75 Å². The van der Waals surface area contributed by atoms with E-state index in [1.807, 2.05) is 49.4 Å². The second-order valence-electron chi connectivity index (χ2n) is 5.55. The number of rotatable bonds is 8. The minimum atomic E-state index is -0.168. The third-order valence-electron chi connectivity index (χ3n) is 3.50. The fourth-order valence-electron chi connectivity index (χ4n) is 2.10. The number of hydrogen-bond donors (Lipinski definition) is 1. The summed E-state index contributed by atoms with van der Waals surface area (Å²) in [6.45, 7) is 2.00. The maximum atomic E-state index is 11.9. The van der Waals surface area contributed by atoms with Crippen molar-refractivity contribution in [3.63, 3.8) is 0 Å². The van der Waals surface area contributed by atoms with Gasteiger partial charge in [0.15, 0.2) is 8.68 Å². The molecule has 1 heterocycles. The summed E-state index contributed by atoms with van der Waals surface area (Å²) < 4.78 is 1.68. The minimum absolute atomic E-state index is 0.168. The molecule has 0 fully saturated rings. The summed E-state index contributed by atoms with van der Waals surface area (Å²) in [7, 11) is 0. The Bertz CT molecular complexity index is 912. The molecule has 27 heavy (non-hydrogen) atoms. The molecule has 0 aliphatic heterocycles. The molecule has 0 radical (unpaired) electrons. The maximum absolute atomic E-state index is 11.9. The maximum Gasteiger partial charge on any atom is 0.250 e. The number of nitrogens with one attached hydrogen (secondary N) is 1. The van der Waals surface area contributed by atoms with E-state index >= 15 is 0 Å². The number of carbonyl (C=O) groups is 1. The Labute approximate surface area is 170 Å². The SMILES string of the molecule is Cc1ccccc1C=NNC(=O)CSc1nnc(SCc2ccccc2)s1. The van der Waals surface area contributed by atoms with Crippen LogP contribution in [-0.4, -0.2) is 28.1 Å². The zero-order valence-corrected chi connectivity index (χ0v) is 17.1. The molecule has 8 heteroatoms. The van der Waals surface area contributed by atoms with Gasteiger partial charge < -0.3 is 0 Å². The van der Waals surface area contributed by atoms with Gasteiger partial charge in [-0.25, -0.2) is 5.43 Å². The molecule has 1 N–H and O–H groups in total. The molecule has 5 nitrogen and oxygen atoms in total. The first-order chi connectivity index (χ1) is 13.2. The standard InChI is InChI=1S/C19H18N4OS3/c1-14-7-5-6-10-16(14)11-20-21-17(24)13-26-19-23-22-18(27-19)25-12-15-8-3-2-4-9-15/h2-11H,12-13H2,1H3,(H,21,24). The lowest BCUT2D eigenvalue weighted by Gasteiger charge is -1.99. The average molecular weight is 415 g/mol. The Morgan fingerprint density at radius 1 is 1.07 bits per heavy atom. The second kappa shape index (κ2) is 10.2. The number of thioether (sulfide) groups is 2. The van der Waals surface area contributed by atoms with Gasteiger partial charge >= 0.3 is 0 Å². The highest BCUT2D eigenvalue weighted by Crippen LogP contribution is 2.30. The number of amides is 1. The first-order valence-electron chi connectivity index (χ1n) is 8.21. The molecule has 0 unspecified atom stereocenters. The predicted octanol–water partition coefficient (Wildman–Crippen LogP) is 4.38. The van der Waals surface area contributed by atoms with Gasteiger partial charge in [-0.2, -0.15) is 5.10 Å². The highest BCUT2D eigenvalue weighted by molar-refractivity contribution is 8.03. The van der Waals surface area contributed by atoms with E-state index in [0.29, 0.717) is 0 Å². The van der Waals surface area contributed by atoms with Crippen LogP contribution in [0, 0.1) is 6.92 Å². The van der Waals surface area contributed by atoms with Gasteiger partial charge in [-0.15, -0.1) is 10.2 Å². The van der Waals surface area contributed by atoms with E-state index in [2.05, 4.69) is 32.9 Å². The second-order valence-corrected chi connectivity index (χ2v) is 8.97. The Hall–Kier alpha value is -2.16. The summed E-state index contributed by atoms with van der Waals surface area (Å²) in [6.07, 6.45) is 1.65. The number of aryl methyl sites for hydroxylation is 1. The largest absolute Gasteiger partial charge is 0.272 e. The first-order valence-corrected chi connectivity index (χ1v) is 11.0. The van der Waals surface area contributed by atoms with Crippen LogP contribution in [0.4, 0.5) is 0 Å². The molecule has 0 saturated carbocycles. The average Bonchev–Trinajstić information content (AvgIpc) is 3.15. The topological polar surface area (TPSA) is 67.2 Å². The summed E-state index contributed by atoms with van der Waals surface area (Å²) in [5.74, 6) is 0.940. The lowest BCUT2D eigenvalue weighted by molar-refractivity contribution is -0.118. The van der Waals surface area contributed by atoms with Crippen molar-refractivity contribution < 1.29 is 4.79 Å². The lowest BCUT2D eigenvalue weighted by atomic mass is 10.1.